The zero-order valence-electron chi connectivity index (χ0n) is 22.0. The molecule has 3 saturated heterocycles. The minimum absolute atomic E-state index is 0.0616. The van der Waals surface area contributed by atoms with Crippen molar-refractivity contribution in [3.8, 4) is 0 Å². The molecule has 3 fully saturated rings. The number of carbonyl (C=O) groups excluding carboxylic acids is 5. The monoisotopic (exact) mass is 545 g/mol. The molecule has 0 aliphatic carbocycles. The van der Waals surface area contributed by atoms with E-state index in [0.29, 0.717) is 18.0 Å². The number of nitrogens with zero attached hydrogens (tertiary/aromatic N) is 5. The van der Waals surface area contributed by atoms with E-state index in [1.165, 1.54) is 0 Å². The highest BCUT2D eigenvalue weighted by Gasteiger charge is 2.45. The second-order valence-corrected chi connectivity index (χ2v) is 10.8. The van der Waals surface area contributed by atoms with Gasteiger partial charge in [-0.15, -0.1) is 0 Å². The summed E-state index contributed by atoms with van der Waals surface area (Å²) in [6.07, 6.45) is 2.27. The van der Waals surface area contributed by atoms with E-state index in [4.69, 9.17) is 5.73 Å². The van der Waals surface area contributed by atoms with Crippen LogP contribution in [0.3, 0.4) is 0 Å². The fraction of sp³-hybridized carbons (Fsp3) is 0.429. The number of anilines is 1. The van der Waals surface area contributed by atoms with Gasteiger partial charge in [-0.25, -0.2) is 4.98 Å². The molecule has 40 heavy (non-hydrogen) atoms. The molecule has 4 aliphatic rings. The van der Waals surface area contributed by atoms with Gasteiger partial charge in [0.05, 0.1) is 17.2 Å². The van der Waals surface area contributed by atoms with Gasteiger partial charge in [-0.2, -0.15) is 0 Å². The van der Waals surface area contributed by atoms with E-state index in [1.54, 1.807) is 24.4 Å². The summed E-state index contributed by atoms with van der Waals surface area (Å²) >= 11 is 0. The molecule has 0 saturated carbocycles. The third kappa shape index (κ3) is 4.73. The van der Waals surface area contributed by atoms with Crippen molar-refractivity contribution in [2.75, 3.05) is 44.2 Å². The quantitative estimate of drug-likeness (QED) is 0.434. The topological polar surface area (TPSA) is 149 Å². The number of fused-ring (bicyclic) bond motifs is 1. The fourth-order valence-electron chi connectivity index (χ4n) is 6.11. The minimum atomic E-state index is -1.02. The lowest BCUT2D eigenvalue weighted by Gasteiger charge is -2.50. The molecule has 2 atom stereocenters. The van der Waals surface area contributed by atoms with E-state index < -0.39 is 41.6 Å². The molecule has 0 spiro atoms. The Balaban J connectivity index is 1.07. The number of aromatic nitrogens is 1. The number of nitrogens with two attached hydrogens (primary N) is 1. The first kappa shape index (κ1) is 26.1. The number of likely N-dealkylation sites (tertiary alicyclic amines) is 1. The number of amides is 5. The lowest BCUT2D eigenvalue weighted by molar-refractivity contribution is -0.136. The van der Waals surface area contributed by atoms with Gasteiger partial charge in [-0.05, 0) is 42.7 Å². The van der Waals surface area contributed by atoms with Crippen LogP contribution in [0, 0.1) is 0 Å². The van der Waals surface area contributed by atoms with Gasteiger partial charge in [0, 0.05) is 57.9 Å². The highest BCUT2D eigenvalue weighted by Crippen LogP contribution is 2.29. The maximum absolute atomic E-state index is 13.2. The van der Waals surface area contributed by atoms with Gasteiger partial charge in [0.2, 0.25) is 17.7 Å². The van der Waals surface area contributed by atoms with Crippen molar-refractivity contribution in [1.29, 1.82) is 0 Å². The van der Waals surface area contributed by atoms with Gasteiger partial charge in [-0.3, -0.25) is 44.0 Å². The van der Waals surface area contributed by atoms with Crippen molar-refractivity contribution in [1.82, 2.24) is 25.0 Å². The molecule has 3 N–H and O–H groups in total. The number of imide groups is 2. The largest absolute Gasteiger partial charge is 0.368 e. The number of hydrogen-bond acceptors (Lipinski definition) is 9. The van der Waals surface area contributed by atoms with Gasteiger partial charge in [0.1, 0.15) is 11.9 Å². The van der Waals surface area contributed by atoms with Crippen molar-refractivity contribution in [2.45, 2.75) is 37.4 Å². The van der Waals surface area contributed by atoms with Crippen LogP contribution in [-0.4, -0.2) is 107 Å². The van der Waals surface area contributed by atoms with Crippen LogP contribution < -0.4 is 16.0 Å². The molecule has 2 aromatic rings. The molecule has 0 bridgehead atoms. The first-order valence-electron chi connectivity index (χ1n) is 13.6. The van der Waals surface area contributed by atoms with Gasteiger partial charge >= 0.3 is 0 Å². The van der Waals surface area contributed by atoms with E-state index in [0.717, 1.165) is 50.0 Å². The summed E-state index contributed by atoms with van der Waals surface area (Å²) in [7, 11) is 0. The summed E-state index contributed by atoms with van der Waals surface area (Å²) < 4.78 is 0. The van der Waals surface area contributed by atoms with Gasteiger partial charge < -0.3 is 10.6 Å². The summed E-state index contributed by atoms with van der Waals surface area (Å²) in [6.45, 7) is 5.07. The third-order valence-corrected chi connectivity index (χ3v) is 8.40. The van der Waals surface area contributed by atoms with Crippen molar-refractivity contribution in [3.63, 3.8) is 0 Å². The molecular weight excluding hydrogens is 514 g/mol. The molecule has 1 aromatic heterocycles. The molecule has 5 amide bonds. The van der Waals surface area contributed by atoms with Gasteiger partial charge in [0.25, 0.3) is 11.8 Å². The Hall–Kier alpha value is -4.16. The van der Waals surface area contributed by atoms with E-state index >= 15 is 0 Å². The highest BCUT2D eigenvalue weighted by molar-refractivity contribution is 6.23. The summed E-state index contributed by atoms with van der Waals surface area (Å²) in [5.74, 6) is -1.64. The fourth-order valence-corrected chi connectivity index (χ4v) is 6.11. The molecule has 4 aliphatic heterocycles. The third-order valence-electron chi connectivity index (χ3n) is 8.40. The lowest BCUT2D eigenvalue weighted by atomic mass is 9.95. The molecule has 2 unspecified atom stereocenters. The van der Waals surface area contributed by atoms with Crippen LogP contribution in [0.1, 0.15) is 39.1 Å². The van der Waals surface area contributed by atoms with Gasteiger partial charge in [0.15, 0.2) is 0 Å². The molecule has 208 valence electrons. The standard InChI is InChI=1S/C28H31N7O5/c29-25(37)22(34-15-18(16-34)32-9-11-33(12-10-32)23-3-1-2-8-30-23)14-17-4-5-19-20(13-17)28(40)35(27(19)39)21-6-7-24(36)31-26(21)38/h1-5,8,13,18,21-22H,6-7,9-12,14-16H2,(H2,29,37)(H,31,36,38). The normalized spacial score (nSPS) is 23.1. The Bertz CT molecular complexity index is 1370. The molecule has 0 radical (unpaired) electrons. The second kappa shape index (κ2) is 10.4. The number of pyridine rings is 1. The van der Waals surface area contributed by atoms with E-state index in [-0.39, 0.29) is 24.0 Å². The summed E-state index contributed by atoms with van der Waals surface area (Å²) in [5, 5.41) is 2.20. The number of carbonyl (C=O) groups is 5. The molecule has 1 aromatic carbocycles. The number of benzene rings is 1. The molecular formula is C28H31N7O5. The van der Waals surface area contributed by atoms with E-state index in [2.05, 4.69) is 25.0 Å². The maximum atomic E-state index is 13.2. The van der Waals surface area contributed by atoms with Crippen molar-refractivity contribution in [2.24, 2.45) is 5.73 Å². The van der Waals surface area contributed by atoms with Crippen molar-refractivity contribution in [3.05, 3.63) is 59.3 Å². The van der Waals surface area contributed by atoms with Gasteiger partial charge in [-0.1, -0.05) is 12.1 Å². The SMILES string of the molecule is NC(=O)C(Cc1ccc2c(c1)C(=O)N(C1CCC(=O)NC1=O)C2=O)N1CC(N2CCN(c3ccccn3)CC2)C1. The molecule has 5 heterocycles. The van der Waals surface area contributed by atoms with Crippen LogP contribution in [0.4, 0.5) is 5.82 Å². The van der Waals surface area contributed by atoms with Crippen molar-refractivity contribution >= 4 is 35.4 Å². The van der Waals surface area contributed by atoms with Crippen LogP contribution in [-0.2, 0) is 20.8 Å². The lowest BCUT2D eigenvalue weighted by Crippen LogP contribution is -2.67. The first-order chi connectivity index (χ1) is 19.3. The van der Waals surface area contributed by atoms with E-state index in [9.17, 15) is 24.0 Å². The number of piperidine rings is 1. The van der Waals surface area contributed by atoms with Crippen LogP contribution in [0.15, 0.2) is 42.6 Å². The summed E-state index contributed by atoms with van der Waals surface area (Å²) in [6, 6.07) is 9.61. The zero-order valence-corrected chi connectivity index (χ0v) is 22.0. The minimum Gasteiger partial charge on any atom is -0.368 e. The Morgan fingerprint density at radius 3 is 2.42 bits per heavy atom. The van der Waals surface area contributed by atoms with E-state index in [1.807, 2.05) is 18.2 Å². The van der Waals surface area contributed by atoms with Crippen LogP contribution in [0.25, 0.3) is 0 Å². The predicted molar refractivity (Wildman–Crippen MR) is 143 cm³/mol. The highest BCUT2D eigenvalue weighted by atomic mass is 16.2. The smallest absolute Gasteiger partial charge is 0.262 e. The number of piperazine rings is 1. The van der Waals surface area contributed by atoms with Crippen LogP contribution >= 0.6 is 0 Å². The molecule has 12 heteroatoms. The van der Waals surface area contributed by atoms with Crippen molar-refractivity contribution < 1.29 is 24.0 Å². The summed E-state index contributed by atoms with van der Waals surface area (Å²) in [4.78, 5) is 74.6. The Morgan fingerprint density at radius 1 is 1.00 bits per heavy atom. The second-order valence-electron chi connectivity index (χ2n) is 10.8. The Morgan fingerprint density at radius 2 is 1.75 bits per heavy atom. The number of primary amides is 1. The van der Waals surface area contributed by atoms with Crippen LogP contribution in [0.2, 0.25) is 0 Å². The summed E-state index contributed by atoms with van der Waals surface area (Å²) in [5.41, 5.74) is 6.92. The first-order valence-corrected chi connectivity index (χ1v) is 13.6. The number of nitrogens with one attached hydrogen (secondary N) is 1. The average molecular weight is 546 g/mol. The molecule has 12 nitrogen and oxygen atoms in total. The number of rotatable bonds is 7. The average Bonchev–Trinajstić information content (AvgIpc) is 3.17. The molecule has 6 rings (SSSR count). The maximum Gasteiger partial charge on any atom is 0.262 e. The number of hydrogen-bond donors (Lipinski definition) is 2. The Labute approximate surface area is 231 Å². The predicted octanol–water partition coefficient (Wildman–Crippen LogP) is -0.614. The van der Waals surface area contributed by atoms with Crippen LogP contribution in [0.5, 0.6) is 0 Å². The Kier molecular flexibility index (Phi) is 6.80. The zero-order chi connectivity index (χ0) is 28.0.